The van der Waals surface area contributed by atoms with Gasteiger partial charge in [0.05, 0.1) is 6.20 Å². The van der Waals surface area contributed by atoms with Crippen molar-refractivity contribution in [2.45, 2.75) is 0 Å². The number of imidazole rings is 1. The highest BCUT2D eigenvalue weighted by atomic mass is 15.2. The second-order valence-electron chi connectivity index (χ2n) is 2.64. The number of aromatic nitrogens is 4. The highest BCUT2D eigenvalue weighted by molar-refractivity contribution is 5.75. The van der Waals surface area contributed by atoms with Gasteiger partial charge in [-0.05, 0) is 12.1 Å². The Bertz CT molecular complexity index is 533. The second-order valence-corrected chi connectivity index (χ2v) is 2.64. The summed E-state index contributed by atoms with van der Waals surface area (Å²) in [5.74, 6) is 0. The molecule has 3 heterocycles. The molecule has 4 nitrogen and oxygen atoms in total. The van der Waals surface area contributed by atoms with Gasteiger partial charge in [0.2, 0.25) is 0 Å². The number of H-pyrrole nitrogens is 1. The van der Waals surface area contributed by atoms with Gasteiger partial charge in [0.15, 0.2) is 5.65 Å². The van der Waals surface area contributed by atoms with Crippen molar-refractivity contribution in [3.05, 3.63) is 30.6 Å². The van der Waals surface area contributed by atoms with Crippen LogP contribution in [0.4, 0.5) is 0 Å². The third-order valence-corrected chi connectivity index (χ3v) is 1.92. The molecule has 1 N–H and O–H groups in total. The van der Waals surface area contributed by atoms with Crippen LogP contribution in [0.1, 0.15) is 0 Å². The number of pyridine rings is 1. The van der Waals surface area contributed by atoms with Crippen molar-refractivity contribution in [2.24, 2.45) is 0 Å². The van der Waals surface area contributed by atoms with Crippen molar-refractivity contribution >= 4 is 16.8 Å². The van der Waals surface area contributed by atoms with Gasteiger partial charge in [0, 0.05) is 6.20 Å². The molecule has 0 radical (unpaired) electrons. The molecule has 58 valence electrons. The van der Waals surface area contributed by atoms with Gasteiger partial charge in [0.1, 0.15) is 11.2 Å². The van der Waals surface area contributed by atoms with Crippen molar-refractivity contribution in [1.82, 2.24) is 19.6 Å². The van der Waals surface area contributed by atoms with Gasteiger partial charge < -0.3 is 0 Å². The number of fused-ring (bicyclic) bond motifs is 3. The molecular weight excluding hydrogens is 152 g/mol. The minimum atomic E-state index is 0.834. The van der Waals surface area contributed by atoms with E-state index in [-0.39, 0.29) is 0 Å². The van der Waals surface area contributed by atoms with E-state index in [1.165, 1.54) is 0 Å². The lowest BCUT2D eigenvalue weighted by atomic mass is 10.5. The summed E-state index contributed by atoms with van der Waals surface area (Å²) in [7, 11) is 0. The molecule has 0 bridgehead atoms. The Hall–Kier alpha value is -1.84. The van der Waals surface area contributed by atoms with Gasteiger partial charge in [-0.2, -0.15) is 5.10 Å². The average Bonchev–Trinajstić information content (AvgIpc) is 2.62. The summed E-state index contributed by atoms with van der Waals surface area (Å²) in [4.78, 5) is 4.32. The topological polar surface area (TPSA) is 46.0 Å². The third-order valence-electron chi connectivity index (χ3n) is 1.92. The van der Waals surface area contributed by atoms with Gasteiger partial charge in [-0.25, -0.2) is 4.98 Å². The van der Waals surface area contributed by atoms with Gasteiger partial charge in [-0.15, -0.1) is 0 Å². The molecule has 0 aromatic carbocycles. The molecule has 3 aromatic heterocycles. The summed E-state index contributed by atoms with van der Waals surface area (Å²) in [5.41, 5.74) is 2.80. The second kappa shape index (κ2) is 1.85. The first-order chi connectivity index (χ1) is 5.95. The molecule has 3 rings (SSSR count). The van der Waals surface area contributed by atoms with Crippen LogP contribution in [0.25, 0.3) is 16.8 Å². The Morgan fingerprint density at radius 3 is 3.33 bits per heavy atom. The van der Waals surface area contributed by atoms with Crippen LogP contribution < -0.4 is 0 Å². The Morgan fingerprint density at radius 1 is 1.33 bits per heavy atom. The van der Waals surface area contributed by atoms with E-state index in [1.807, 2.05) is 28.8 Å². The van der Waals surface area contributed by atoms with Gasteiger partial charge in [0.25, 0.3) is 0 Å². The SMILES string of the molecule is c1ccn2c(c1)nc1[nH]ncc12. The van der Waals surface area contributed by atoms with Crippen molar-refractivity contribution in [1.29, 1.82) is 0 Å². The molecule has 0 unspecified atom stereocenters. The normalized spacial score (nSPS) is 11.3. The Labute approximate surface area is 67.8 Å². The largest absolute Gasteiger partial charge is 0.297 e. The molecule has 0 spiro atoms. The summed E-state index contributed by atoms with van der Waals surface area (Å²) >= 11 is 0. The number of aromatic amines is 1. The van der Waals surface area contributed by atoms with Crippen LogP contribution in [0.15, 0.2) is 30.6 Å². The Balaban J connectivity index is 2.68. The van der Waals surface area contributed by atoms with Gasteiger partial charge in [-0.1, -0.05) is 6.07 Å². The summed E-state index contributed by atoms with van der Waals surface area (Å²) in [6.07, 6.45) is 3.75. The molecular formula is C8H6N4. The van der Waals surface area contributed by atoms with Crippen LogP contribution in [0.2, 0.25) is 0 Å². The molecule has 0 aliphatic carbocycles. The average molecular weight is 158 g/mol. The molecule has 0 aliphatic heterocycles. The van der Waals surface area contributed by atoms with Gasteiger partial charge >= 0.3 is 0 Å². The maximum atomic E-state index is 4.32. The number of nitrogens with one attached hydrogen (secondary N) is 1. The molecule has 0 saturated carbocycles. The molecule has 12 heavy (non-hydrogen) atoms. The summed E-state index contributed by atoms with van der Waals surface area (Å²) in [6.45, 7) is 0. The molecule has 0 aliphatic rings. The van der Waals surface area contributed by atoms with E-state index < -0.39 is 0 Å². The molecule has 4 heteroatoms. The summed E-state index contributed by atoms with van der Waals surface area (Å²) in [5, 5.41) is 6.73. The molecule has 0 amide bonds. The van der Waals surface area contributed by atoms with E-state index in [0.717, 1.165) is 16.8 Å². The fourth-order valence-electron chi connectivity index (χ4n) is 1.37. The predicted octanol–water partition coefficient (Wildman–Crippen LogP) is 1.21. The standard InChI is InChI=1S/C8H6N4/c1-2-4-12-6-5-9-11-8(6)10-7(12)3-1/h1-5H,(H,9,11). The first-order valence-corrected chi connectivity index (χ1v) is 3.71. The lowest BCUT2D eigenvalue weighted by Gasteiger charge is -1.88. The van der Waals surface area contributed by atoms with E-state index in [4.69, 9.17) is 0 Å². The number of nitrogens with zero attached hydrogens (tertiary/aromatic N) is 3. The smallest absolute Gasteiger partial charge is 0.174 e. The van der Waals surface area contributed by atoms with Crippen molar-refractivity contribution in [3.8, 4) is 0 Å². The van der Waals surface area contributed by atoms with E-state index >= 15 is 0 Å². The van der Waals surface area contributed by atoms with Crippen LogP contribution in [-0.4, -0.2) is 19.6 Å². The summed E-state index contributed by atoms with van der Waals surface area (Å²) < 4.78 is 2.00. The third kappa shape index (κ3) is 0.567. The Morgan fingerprint density at radius 2 is 2.33 bits per heavy atom. The predicted molar refractivity (Wildman–Crippen MR) is 44.8 cm³/mol. The van der Waals surface area contributed by atoms with E-state index in [9.17, 15) is 0 Å². The lowest BCUT2D eigenvalue weighted by molar-refractivity contribution is 1.09. The minimum Gasteiger partial charge on any atom is -0.297 e. The Kier molecular flexibility index (Phi) is 0.889. The molecule has 0 atom stereocenters. The number of hydrogen-bond acceptors (Lipinski definition) is 2. The van der Waals surface area contributed by atoms with E-state index in [1.54, 1.807) is 6.20 Å². The lowest BCUT2D eigenvalue weighted by Crippen LogP contribution is -1.80. The van der Waals surface area contributed by atoms with Crippen molar-refractivity contribution in [3.63, 3.8) is 0 Å². The maximum Gasteiger partial charge on any atom is 0.174 e. The molecule has 0 fully saturated rings. The monoisotopic (exact) mass is 158 g/mol. The first kappa shape index (κ1) is 5.77. The van der Waals surface area contributed by atoms with E-state index in [0.29, 0.717) is 0 Å². The molecule has 3 aromatic rings. The van der Waals surface area contributed by atoms with Gasteiger partial charge in [-0.3, -0.25) is 9.50 Å². The van der Waals surface area contributed by atoms with E-state index in [2.05, 4.69) is 15.2 Å². The zero-order valence-electron chi connectivity index (χ0n) is 6.23. The zero-order valence-corrected chi connectivity index (χ0v) is 6.23. The first-order valence-electron chi connectivity index (χ1n) is 3.71. The van der Waals surface area contributed by atoms with Crippen LogP contribution in [0.5, 0.6) is 0 Å². The molecule has 0 saturated heterocycles. The minimum absolute atomic E-state index is 0.834. The van der Waals surface area contributed by atoms with Crippen LogP contribution >= 0.6 is 0 Å². The van der Waals surface area contributed by atoms with Crippen molar-refractivity contribution in [2.75, 3.05) is 0 Å². The quantitative estimate of drug-likeness (QED) is 0.534. The maximum absolute atomic E-state index is 4.32. The number of rotatable bonds is 0. The van der Waals surface area contributed by atoms with Crippen molar-refractivity contribution < 1.29 is 0 Å². The highest BCUT2D eigenvalue weighted by Gasteiger charge is 2.02. The summed E-state index contributed by atoms with van der Waals surface area (Å²) in [6, 6.07) is 5.91. The highest BCUT2D eigenvalue weighted by Crippen LogP contribution is 2.12. The number of hydrogen-bond donors (Lipinski definition) is 1. The zero-order chi connectivity index (χ0) is 7.97. The van der Waals surface area contributed by atoms with Crippen LogP contribution in [-0.2, 0) is 0 Å². The van der Waals surface area contributed by atoms with Crippen LogP contribution in [0, 0.1) is 0 Å². The fourth-order valence-corrected chi connectivity index (χ4v) is 1.37. The van der Waals surface area contributed by atoms with Crippen LogP contribution in [0.3, 0.4) is 0 Å². The fraction of sp³-hybridized carbons (Fsp3) is 0.